The van der Waals surface area contributed by atoms with Crippen LogP contribution in [0.5, 0.6) is 0 Å². The summed E-state index contributed by atoms with van der Waals surface area (Å²) in [5, 5.41) is 12.9. The van der Waals surface area contributed by atoms with Gasteiger partial charge in [0.25, 0.3) is 17.5 Å². The molecular formula is C19H15N3O5. The van der Waals surface area contributed by atoms with Gasteiger partial charge < -0.3 is 0 Å². The first-order valence-electron chi connectivity index (χ1n) is 8.01. The minimum Gasteiger partial charge on any atom is -0.273 e. The van der Waals surface area contributed by atoms with Crippen molar-refractivity contribution in [2.24, 2.45) is 0 Å². The van der Waals surface area contributed by atoms with Gasteiger partial charge in [-0.15, -0.1) is 0 Å². The molecular weight excluding hydrogens is 350 g/mol. The molecule has 0 aliphatic carbocycles. The van der Waals surface area contributed by atoms with Crippen LogP contribution in [0.2, 0.25) is 0 Å². The second-order valence-corrected chi connectivity index (χ2v) is 6.08. The lowest BCUT2D eigenvalue weighted by Crippen LogP contribution is -2.54. The van der Waals surface area contributed by atoms with Crippen LogP contribution in [0.25, 0.3) is 6.08 Å². The maximum Gasteiger partial charge on any atom is 0.335 e. The average Bonchev–Trinajstić information content (AvgIpc) is 2.62. The molecule has 0 saturated carbocycles. The second-order valence-electron chi connectivity index (χ2n) is 6.08. The Labute approximate surface area is 154 Å². The molecule has 0 bridgehead atoms. The van der Waals surface area contributed by atoms with Gasteiger partial charge in [0.2, 0.25) is 0 Å². The molecule has 0 aromatic heterocycles. The fourth-order valence-electron chi connectivity index (χ4n) is 2.62. The standard InChI is InChI=1S/C19H15N3O5/c1-11-3-6-15(9-12(11)2)21-18(24)16(17(23)20-19(21)25)10-13-4-7-14(8-5-13)22(26)27/h3-10H,1-2H3,(H,20,23,25)/b16-10+. The van der Waals surface area contributed by atoms with E-state index >= 15 is 0 Å². The van der Waals surface area contributed by atoms with E-state index in [4.69, 9.17) is 0 Å². The first-order valence-corrected chi connectivity index (χ1v) is 8.01. The van der Waals surface area contributed by atoms with Gasteiger partial charge in [0, 0.05) is 12.1 Å². The molecule has 0 atom stereocenters. The van der Waals surface area contributed by atoms with Crippen LogP contribution in [0.3, 0.4) is 0 Å². The molecule has 1 aliphatic rings. The molecule has 27 heavy (non-hydrogen) atoms. The van der Waals surface area contributed by atoms with Crippen molar-refractivity contribution in [3.8, 4) is 0 Å². The van der Waals surface area contributed by atoms with Crippen molar-refractivity contribution in [2.75, 3.05) is 4.90 Å². The number of anilines is 1. The molecule has 1 saturated heterocycles. The summed E-state index contributed by atoms with van der Waals surface area (Å²) >= 11 is 0. The van der Waals surface area contributed by atoms with Crippen LogP contribution >= 0.6 is 0 Å². The zero-order valence-corrected chi connectivity index (χ0v) is 14.6. The van der Waals surface area contributed by atoms with Gasteiger partial charge in [-0.25, -0.2) is 9.69 Å². The number of nitrogens with one attached hydrogen (secondary N) is 1. The second kappa shape index (κ2) is 6.83. The number of benzene rings is 2. The van der Waals surface area contributed by atoms with E-state index < -0.39 is 22.8 Å². The first kappa shape index (κ1) is 18.0. The molecule has 3 rings (SSSR count). The number of aryl methyl sites for hydroxylation is 2. The summed E-state index contributed by atoms with van der Waals surface area (Å²) in [6, 6.07) is 9.64. The van der Waals surface area contributed by atoms with Crippen molar-refractivity contribution in [1.29, 1.82) is 0 Å². The van der Waals surface area contributed by atoms with E-state index in [1.165, 1.54) is 30.3 Å². The third-order valence-electron chi connectivity index (χ3n) is 4.27. The molecule has 4 amide bonds. The van der Waals surface area contributed by atoms with E-state index in [1.54, 1.807) is 18.2 Å². The van der Waals surface area contributed by atoms with E-state index in [0.717, 1.165) is 16.0 Å². The van der Waals surface area contributed by atoms with Gasteiger partial charge in [-0.05, 0) is 60.9 Å². The van der Waals surface area contributed by atoms with Crippen LogP contribution in [0.15, 0.2) is 48.0 Å². The highest BCUT2D eigenvalue weighted by Gasteiger charge is 2.36. The molecule has 8 heteroatoms. The number of carbonyl (C=O) groups excluding carboxylic acids is 3. The number of carbonyl (C=O) groups is 3. The highest BCUT2D eigenvalue weighted by Crippen LogP contribution is 2.24. The number of urea groups is 1. The largest absolute Gasteiger partial charge is 0.335 e. The number of hydrogen-bond donors (Lipinski definition) is 1. The molecule has 136 valence electrons. The lowest BCUT2D eigenvalue weighted by molar-refractivity contribution is -0.384. The monoisotopic (exact) mass is 365 g/mol. The van der Waals surface area contributed by atoms with Crippen LogP contribution in [-0.4, -0.2) is 22.8 Å². The van der Waals surface area contributed by atoms with E-state index in [2.05, 4.69) is 5.32 Å². The summed E-state index contributed by atoms with van der Waals surface area (Å²) in [5.41, 5.74) is 2.33. The van der Waals surface area contributed by atoms with Gasteiger partial charge in [-0.1, -0.05) is 6.07 Å². The Bertz CT molecular complexity index is 1010. The van der Waals surface area contributed by atoms with Gasteiger partial charge in [0.15, 0.2) is 0 Å². The van der Waals surface area contributed by atoms with Crippen LogP contribution in [-0.2, 0) is 9.59 Å². The Morgan fingerprint density at radius 3 is 2.26 bits per heavy atom. The number of amides is 4. The molecule has 8 nitrogen and oxygen atoms in total. The number of hydrogen-bond acceptors (Lipinski definition) is 5. The topological polar surface area (TPSA) is 110 Å². The normalized spacial score (nSPS) is 15.9. The smallest absolute Gasteiger partial charge is 0.273 e. The number of non-ortho nitro benzene ring substituents is 1. The minimum absolute atomic E-state index is 0.108. The fraction of sp³-hybridized carbons (Fsp3) is 0.105. The molecule has 1 heterocycles. The van der Waals surface area contributed by atoms with Gasteiger partial charge in [0.1, 0.15) is 5.57 Å². The summed E-state index contributed by atoms with van der Waals surface area (Å²) in [4.78, 5) is 48.2. The number of nitro benzene ring substituents is 1. The van der Waals surface area contributed by atoms with Gasteiger partial charge >= 0.3 is 6.03 Å². The number of nitrogens with zero attached hydrogens (tertiary/aromatic N) is 2. The van der Waals surface area contributed by atoms with Gasteiger partial charge in [-0.3, -0.25) is 25.0 Å². The molecule has 2 aromatic rings. The fourth-order valence-corrected chi connectivity index (χ4v) is 2.62. The predicted molar refractivity (Wildman–Crippen MR) is 98.0 cm³/mol. The third-order valence-corrected chi connectivity index (χ3v) is 4.27. The Morgan fingerprint density at radius 2 is 1.67 bits per heavy atom. The summed E-state index contributed by atoms with van der Waals surface area (Å²) < 4.78 is 0. The number of rotatable bonds is 3. The Kier molecular flexibility index (Phi) is 4.55. The molecule has 0 unspecified atom stereocenters. The van der Waals surface area contributed by atoms with Crippen molar-refractivity contribution in [3.05, 3.63) is 74.8 Å². The van der Waals surface area contributed by atoms with Crippen LogP contribution in [0, 0.1) is 24.0 Å². The third kappa shape index (κ3) is 3.45. The quantitative estimate of drug-likeness (QED) is 0.389. The summed E-state index contributed by atoms with van der Waals surface area (Å²) in [5.74, 6) is -1.58. The SMILES string of the molecule is Cc1ccc(N2C(=O)NC(=O)/C(=C\c3ccc([N+](=O)[O-])cc3)C2=O)cc1C. The first-order chi connectivity index (χ1) is 12.8. The van der Waals surface area contributed by atoms with E-state index in [1.807, 2.05) is 13.8 Å². The molecule has 1 aliphatic heterocycles. The Balaban J connectivity index is 1.99. The van der Waals surface area contributed by atoms with Crippen LogP contribution in [0.4, 0.5) is 16.2 Å². The maximum atomic E-state index is 12.8. The number of nitro groups is 1. The van der Waals surface area contributed by atoms with E-state index in [-0.39, 0.29) is 11.3 Å². The van der Waals surface area contributed by atoms with Crippen LogP contribution < -0.4 is 10.2 Å². The van der Waals surface area contributed by atoms with Crippen molar-refractivity contribution < 1.29 is 19.3 Å². The summed E-state index contributed by atoms with van der Waals surface area (Å²) in [6.07, 6.45) is 1.29. The Hall–Kier alpha value is -3.81. The lowest BCUT2D eigenvalue weighted by Gasteiger charge is -2.26. The van der Waals surface area contributed by atoms with E-state index in [9.17, 15) is 24.5 Å². The highest BCUT2D eigenvalue weighted by molar-refractivity contribution is 6.39. The van der Waals surface area contributed by atoms with E-state index in [0.29, 0.717) is 11.3 Å². The maximum absolute atomic E-state index is 12.8. The van der Waals surface area contributed by atoms with Crippen molar-refractivity contribution >= 4 is 35.3 Å². The van der Waals surface area contributed by atoms with Gasteiger partial charge in [-0.2, -0.15) is 0 Å². The average molecular weight is 365 g/mol. The van der Waals surface area contributed by atoms with Crippen molar-refractivity contribution in [3.63, 3.8) is 0 Å². The molecule has 0 radical (unpaired) electrons. The predicted octanol–water partition coefficient (Wildman–Crippen LogP) is 2.88. The number of barbiturate groups is 1. The summed E-state index contributed by atoms with van der Waals surface area (Å²) in [6.45, 7) is 3.75. The Morgan fingerprint density at radius 1 is 1.00 bits per heavy atom. The van der Waals surface area contributed by atoms with Gasteiger partial charge in [0.05, 0.1) is 10.6 Å². The van der Waals surface area contributed by atoms with Crippen molar-refractivity contribution in [2.45, 2.75) is 13.8 Å². The lowest BCUT2D eigenvalue weighted by atomic mass is 10.0. The zero-order valence-electron chi connectivity index (χ0n) is 14.6. The molecule has 1 fully saturated rings. The summed E-state index contributed by atoms with van der Waals surface area (Å²) in [7, 11) is 0. The minimum atomic E-state index is -0.825. The zero-order chi connectivity index (χ0) is 19.7. The highest BCUT2D eigenvalue weighted by atomic mass is 16.6. The van der Waals surface area contributed by atoms with Crippen molar-refractivity contribution in [1.82, 2.24) is 5.32 Å². The molecule has 2 aromatic carbocycles. The number of imide groups is 2. The molecule has 0 spiro atoms. The molecule has 1 N–H and O–H groups in total. The van der Waals surface area contributed by atoms with Crippen LogP contribution in [0.1, 0.15) is 16.7 Å².